The molecule has 18 heavy (non-hydrogen) atoms. The van der Waals surface area contributed by atoms with E-state index in [-0.39, 0.29) is 0 Å². The molecule has 0 saturated carbocycles. The molecule has 0 aliphatic rings. The Balaban J connectivity index is 3.12. The Morgan fingerprint density at radius 3 is 1.78 bits per heavy atom. The molecular weight excluding hydrogens is 220 g/mol. The third-order valence-electron chi connectivity index (χ3n) is 3.56. The van der Waals surface area contributed by atoms with Gasteiger partial charge < -0.3 is 0 Å². The highest BCUT2D eigenvalue weighted by Gasteiger charge is 2.03. The van der Waals surface area contributed by atoms with Crippen LogP contribution in [-0.2, 0) is 4.79 Å². The summed E-state index contributed by atoms with van der Waals surface area (Å²) in [5.74, 6) is 1.14. The number of unbranched alkanes of at least 4 members (excludes halogenated alkanes) is 8. The lowest BCUT2D eigenvalue weighted by molar-refractivity contribution is -0.119. The summed E-state index contributed by atoms with van der Waals surface area (Å²) in [6.07, 6.45) is 14.7. The molecule has 0 aromatic carbocycles. The molecule has 0 heterocycles. The Morgan fingerprint density at radius 2 is 1.28 bits per heavy atom. The molecule has 0 amide bonds. The van der Waals surface area contributed by atoms with Crippen LogP contribution in [0.25, 0.3) is 0 Å². The summed E-state index contributed by atoms with van der Waals surface area (Å²) in [5.41, 5.74) is 0. The number of carbonyl (C=O) groups excluding carboxylic acids is 1. The lowest BCUT2D eigenvalue weighted by Gasteiger charge is -2.04. The van der Waals surface area contributed by atoms with Gasteiger partial charge in [-0.15, -0.1) is 0 Å². The average Bonchev–Trinajstić information content (AvgIpc) is 2.34. The van der Waals surface area contributed by atoms with Gasteiger partial charge in [-0.25, -0.2) is 0 Å². The minimum Gasteiger partial charge on any atom is -0.300 e. The Morgan fingerprint density at radius 1 is 0.778 bits per heavy atom. The molecular formula is C17H34O. The molecule has 0 N–H and O–H groups in total. The molecule has 1 nitrogen and oxygen atoms in total. The maximum absolute atomic E-state index is 11.6. The van der Waals surface area contributed by atoms with E-state index in [2.05, 4.69) is 20.8 Å². The van der Waals surface area contributed by atoms with Crippen LogP contribution in [0.5, 0.6) is 0 Å². The minimum absolute atomic E-state index is 0.478. The van der Waals surface area contributed by atoms with E-state index in [0.717, 1.165) is 25.7 Å². The number of rotatable bonds is 13. The van der Waals surface area contributed by atoms with Crippen molar-refractivity contribution < 1.29 is 4.79 Å². The fourth-order valence-electron chi connectivity index (χ4n) is 2.21. The van der Waals surface area contributed by atoms with E-state index in [9.17, 15) is 4.79 Å². The zero-order chi connectivity index (χ0) is 13.6. The Bertz CT molecular complexity index is 184. The number of carbonyl (C=O) groups is 1. The smallest absolute Gasteiger partial charge is 0.132 e. The largest absolute Gasteiger partial charge is 0.300 e. The van der Waals surface area contributed by atoms with Gasteiger partial charge in [0.2, 0.25) is 0 Å². The number of hydrogen-bond donors (Lipinski definition) is 0. The molecule has 0 saturated heterocycles. The first-order valence-electron chi connectivity index (χ1n) is 8.18. The standard InChI is InChI=1S/C17H34O/c1-4-5-6-7-8-9-10-11-12-13-17(18)15-14-16(2)3/h16H,4-15H2,1-3H3. The first kappa shape index (κ1) is 17.7. The highest BCUT2D eigenvalue weighted by Crippen LogP contribution is 2.12. The van der Waals surface area contributed by atoms with Gasteiger partial charge in [-0.2, -0.15) is 0 Å². The summed E-state index contributed by atoms with van der Waals surface area (Å²) in [5, 5.41) is 0. The van der Waals surface area contributed by atoms with Crippen LogP contribution in [0.3, 0.4) is 0 Å². The summed E-state index contributed by atoms with van der Waals surface area (Å²) < 4.78 is 0. The van der Waals surface area contributed by atoms with E-state index >= 15 is 0 Å². The van der Waals surface area contributed by atoms with Crippen molar-refractivity contribution in [3.63, 3.8) is 0 Å². The molecule has 0 atom stereocenters. The van der Waals surface area contributed by atoms with Gasteiger partial charge in [0, 0.05) is 12.8 Å². The molecule has 0 spiro atoms. The van der Waals surface area contributed by atoms with Gasteiger partial charge >= 0.3 is 0 Å². The second kappa shape index (κ2) is 13.1. The predicted molar refractivity (Wildman–Crippen MR) is 80.9 cm³/mol. The lowest BCUT2D eigenvalue weighted by atomic mass is 10.0. The minimum atomic E-state index is 0.478. The van der Waals surface area contributed by atoms with Crippen LogP contribution in [0.1, 0.15) is 97.8 Å². The Labute approximate surface area is 115 Å². The summed E-state index contributed by atoms with van der Waals surface area (Å²) in [4.78, 5) is 11.6. The van der Waals surface area contributed by atoms with Crippen molar-refractivity contribution in [2.75, 3.05) is 0 Å². The van der Waals surface area contributed by atoms with Crippen LogP contribution in [0.15, 0.2) is 0 Å². The average molecular weight is 254 g/mol. The quantitative estimate of drug-likeness (QED) is 0.373. The maximum atomic E-state index is 11.6. The number of Topliss-reactive ketones (excluding diaryl/α,β-unsaturated/α-hetero) is 1. The number of ketones is 1. The van der Waals surface area contributed by atoms with Crippen LogP contribution in [-0.4, -0.2) is 5.78 Å². The van der Waals surface area contributed by atoms with Crippen molar-refractivity contribution >= 4 is 5.78 Å². The second-order valence-electron chi connectivity index (χ2n) is 6.05. The Hall–Kier alpha value is -0.330. The molecule has 0 fully saturated rings. The van der Waals surface area contributed by atoms with Gasteiger partial charge in [0.1, 0.15) is 5.78 Å². The molecule has 0 aromatic heterocycles. The SMILES string of the molecule is CCCCCCCCCCCC(=O)CCC(C)C. The van der Waals surface area contributed by atoms with Crippen LogP contribution in [0.4, 0.5) is 0 Å². The first-order chi connectivity index (χ1) is 8.66. The third-order valence-corrected chi connectivity index (χ3v) is 3.56. The molecule has 0 bridgehead atoms. The third kappa shape index (κ3) is 13.7. The first-order valence-corrected chi connectivity index (χ1v) is 8.18. The van der Waals surface area contributed by atoms with Gasteiger partial charge in [0.05, 0.1) is 0 Å². The van der Waals surface area contributed by atoms with Crippen molar-refractivity contribution in [3.8, 4) is 0 Å². The molecule has 0 aliphatic carbocycles. The van der Waals surface area contributed by atoms with E-state index in [1.807, 2.05) is 0 Å². The monoisotopic (exact) mass is 254 g/mol. The van der Waals surface area contributed by atoms with Crippen molar-refractivity contribution in [1.82, 2.24) is 0 Å². The van der Waals surface area contributed by atoms with Crippen molar-refractivity contribution in [2.24, 2.45) is 5.92 Å². The van der Waals surface area contributed by atoms with Gasteiger partial charge in [-0.3, -0.25) is 4.79 Å². The van der Waals surface area contributed by atoms with Crippen LogP contribution in [0.2, 0.25) is 0 Å². The fraction of sp³-hybridized carbons (Fsp3) is 0.941. The summed E-state index contributed by atoms with van der Waals surface area (Å²) in [6, 6.07) is 0. The van der Waals surface area contributed by atoms with Gasteiger partial charge in [-0.1, -0.05) is 72.1 Å². The van der Waals surface area contributed by atoms with E-state index in [1.165, 1.54) is 51.4 Å². The van der Waals surface area contributed by atoms with Crippen LogP contribution >= 0.6 is 0 Å². The van der Waals surface area contributed by atoms with E-state index in [0.29, 0.717) is 11.7 Å². The summed E-state index contributed by atoms with van der Waals surface area (Å²) >= 11 is 0. The summed E-state index contributed by atoms with van der Waals surface area (Å²) in [7, 11) is 0. The predicted octanol–water partition coefficient (Wildman–Crippen LogP) is 5.91. The zero-order valence-electron chi connectivity index (χ0n) is 13.0. The molecule has 0 rings (SSSR count). The second-order valence-corrected chi connectivity index (χ2v) is 6.05. The van der Waals surface area contributed by atoms with Gasteiger partial charge in [0.25, 0.3) is 0 Å². The number of hydrogen-bond acceptors (Lipinski definition) is 1. The van der Waals surface area contributed by atoms with Crippen molar-refractivity contribution in [2.45, 2.75) is 97.8 Å². The van der Waals surface area contributed by atoms with Crippen molar-refractivity contribution in [3.05, 3.63) is 0 Å². The topological polar surface area (TPSA) is 17.1 Å². The lowest BCUT2D eigenvalue weighted by Crippen LogP contribution is -2.00. The molecule has 0 aromatic rings. The van der Waals surface area contributed by atoms with Crippen molar-refractivity contribution in [1.29, 1.82) is 0 Å². The van der Waals surface area contributed by atoms with Gasteiger partial charge in [0.15, 0.2) is 0 Å². The van der Waals surface area contributed by atoms with E-state index in [4.69, 9.17) is 0 Å². The van der Waals surface area contributed by atoms with E-state index < -0.39 is 0 Å². The zero-order valence-corrected chi connectivity index (χ0v) is 13.0. The van der Waals surface area contributed by atoms with Crippen LogP contribution in [0, 0.1) is 5.92 Å². The molecule has 0 unspecified atom stereocenters. The Kier molecular flexibility index (Phi) is 12.9. The summed E-state index contributed by atoms with van der Waals surface area (Å²) in [6.45, 7) is 6.63. The highest BCUT2D eigenvalue weighted by molar-refractivity contribution is 5.78. The maximum Gasteiger partial charge on any atom is 0.132 e. The molecule has 108 valence electrons. The molecule has 0 aliphatic heterocycles. The molecule has 0 radical (unpaired) electrons. The normalized spacial score (nSPS) is 11.1. The van der Waals surface area contributed by atoms with E-state index in [1.54, 1.807) is 0 Å². The molecule has 1 heteroatoms. The highest BCUT2D eigenvalue weighted by atomic mass is 16.1. The van der Waals surface area contributed by atoms with Crippen LogP contribution < -0.4 is 0 Å². The fourth-order valence-corrected chi connectivity index (χ4v) is 2.21. The van der Waals surface area contributed by atoms with Gasteiger partial charge in [-0.05, 0) is 18.8 Å².